The number of halogens is 2. The highest BCUT2D eigenvalue weighted by molar-refractivity contribution is 6.32. The fourth-order valence-corrected chi connectivity index (χ4v) is 2.21. The SMILES string of the molecule is O=C(/C=C/c1ccc(F)cc1Cl)NNC(=O)OCCCc1ccncc1. The lowest BCUT2D eigenvalue weighted by Crippen LogP contribution is -2.41. The number of hydrogen-bond donors (Lipinski definition) is 2. The van der Waals surface area contributed by atoms with Crippen LogP contribution in [-0.4, -0.2) is 23.6 Å². The van der Waals surface area contributed by atoms with Crippen LogP contribution in [0.15, 0.2) is 48.8 Å². The second-order valence-electron chi connectivity index (χ2n) is 5.21. The van der Waals surface area contributed by atoms with Crippen molar-refractivity contribution in [3.05, 3.63) is 70.8 Å². The van der Waals surface area contributed by atoms with E-state index in [1.54, 1.807) is 12.4 Å². The normalized spacial score (nSPS) is 10.5. The molecular weight excluding hydrogens is 361 g/mol. The number of carbonyl (C=O) groups excluding carboxylic acids is 2. The van der Waals surface area contributed by atoms with Crippen molar-refractivity contribution < 1.29 is 18.7 Å². The van der Waals surface area contributed by atoms with Crippen LogP contribution in [-0.2, 0) is 16.0 Å². The Bertz CT molecular complexity index is 785. The molecule has 8 heteroatoms. The van der Waals surface area contributed by atoms with E-state index in [2.05, 4.69) is 15.8 Å². The van der Waals surface area contributed by atoms with Crippen LogP contribution >= 0.6 is 11.6 Å². The third-order valence-electron chi connectivity index (χ3n) is 3.26. The Labute approximate surface area is 155 Å². The van der Waals surface area contributed by atoms with Crippen LogP contribution in [0.1, 0.15) is 17.5 Å². The molecule has 0 unspecified atom stereocenters. The summed E-state index contributed by atoms with van der Waals surface area (Å²) >= 11 is 5.84. The van der Waals surface area contributed by atoms with Crippen molar-refractivity contribution >= 4 is 29.7 Å². The number of ether oxygens (including phenoxy) is 1. The van der Waals surface area contributed by atoms with Gasteiger partial charge in [0.1, 0.15) is 5.82 Å². The number of aryl methyl sites for hydroxylation is 1. The van der Waals surface area contributed by atoms with Gasteiger partial charge in [-0.15, -0.1) is 0 Å². The minimum atomic E-state index is -0.763. The fraction of sp³-hybridized carbons (Fsp3) is 0.167. The van der Waals surface area contributed by atoms with Crippen LogP contribution in [0.25, 0.3) is 6.08 Å². The first kappa shape index (κ1) is 19.4. The first-order valence-corrected chi connectivity index (χ1v) is 8.17. The zero-order valence-corrected chi connectivity index (χ0v) is 14.5. The molecule has 2 amide bonds. The third kappa shape index (κ3) is 6.90. The van der Waals surface area contributed by atoms with Gasteiger partial charge in [-0.2, -0.15) is 0 Å². The van der Waals surface area contributed by atoms with Gasteiger partial charge in [-0.3, -0.25) is 15.2 Å². The minimum Gasteiger partial charge on any atom is -0.448 e. The number of pyridine rings is 1. The number of hydrogen-bond acceptors (Lipinski definition) is 4. The standard InChI is InChI=1S/C18H17ClFN3O3/c19-16-12-15(20)5-3-14(16)4-6-17(24)22-23-18(25)26-11-1-2-13-7-9-21-10-8-13/h3-10,12H,1-2,11H2,(H,22,24)(H,23,25)/b6-4+. The minimum absolute atomic E-state index is 0.176. The number of amides is 2. The lowest BCUT2D eigenvalue weighted by Gasteiger charge is -2.07. The van der Waals surface area contributed by atoms with Gasteiger partial charge in [0.2, 0.25) is 0 Å². The Balaban J connectivity index is 1.65. The summed E-state index contributed by atoms with van der Waals surface area (Å²) in [6.07, 6.45) is 6.59. The van der Waals surface area contributed by atoms with E-state index >= 15 is 0 Å². The maximum atomic E-state index is 12.9. The van der Waals surface area contributed by atoms with Gasteiger partial charge in [0, 0.05) is 18.5 Å². The van der Waals surface area contributed by atoms with Gasteiger partial charge in [0.25, 0.3) is 5.91 Å². The second-order valence-corrected chi connectivity index (χ2v) is 5.62. The average Bonchev–Trinajstić information content (AvgIpc) is 2.63. The molecular formula is C18H17ClFN3O3. The monoisotopic (exact) mass is 377 g/mol. The van der Waals surface area contributed by atoms with Crippen LogP contribution in [0.4, 0.5) is 9.18 Å². The maximum Gasteiger partial charge on any atom is 0.426 e. The van der Waals surface area contributed by atoms with Crippen molar-refractivity contribution in [1.82, 2.24) is 15.8 Å². The summed E-state index contributed by atoms with van der Waals surface area (Å²) in [5, 5.41) is 0.176. The number of hydrazine groups is 1. The van der Waals surface area contributed by atoms with E-state index in [0.717, 1.165) is 24.1 Å². The lowest BCUT2D eigenvalue weighted by atomic mass is 10.1. The number of benzene rings is 1. The Morgan fingerprint density at radius 2 is 1.96 bits per heavy atom. The van der Waals surface area contributed by atoms with Crippen LogP contribution < -0.4 is 10.9 Å². The molecule has 1 aromatic carbocycles. The van der Waals surface area contributed by atoms with Crippen molar-refractivity contribution in [2.24, 2.45) is 0 Å². The first-order chi connectivity index (χ1) is 12.5. The van der Waals surface area contributed by atoms with E-state index in [4.69, 9.17) is 16.3 Å². The van der Waals surface area contributed by atoms with E-state index in [0.29, 0.717) is 12.0 Å². The molecule has 1 aromatic heterocycles. The van der Waals surface area contributed by atoms with Crippen molar-refractivity contribution in [3.63, 3.8) is 0 Å². The molecule has 0 saturated carbocycles. The van der Waals surface area contributed by atoms with Crippen LogP contribution in [0.2, 0.25) is 5.02 Å². The van der Waals surface area contributed by atoms with Crippen LogP contribution in [0.3, 0.4) is 0 Å². The molecule has 6 nitrogen and oxygen atoms in total. The second kappa shape index (κ2) is 10.1. The highest BCUT2D eigenvalue weighted by Crippen LogP contribution is 2.18. The maximum absolute atomic E-state index is 12.9. The lowest BCUT2D eigenvalue weighted by molar-refractivity contribution is -0.117. The summed E-state index contributed by atoms with van der Waals surface area (Å²) in [6, 6.07) is 7.58. The molecule has 0 aliphatic heterocycles. The Hall–Kier alpha value is -2.93. The Morgan fingerprint density at radius 1 is 1.19 bits per heavy atom. The van der Waals surface area contributed by atoms with E-state index in [1.807, 2.05) is 12.1 Å². The molecule has 0 bridgehead atoms. The van der Waals surface area contributed by atoms with Gasteiger partial charge in [0.15, 0.2) is 0 Å². The predicted molar refractivity (Wildman–Crippen MR) is 95.6 cm³/mol. The number of nitrogens with one attached hydrogen (secondary N) is 2. The van der Waals surface area contributed by atoms with Gasteiger partial charge in [-0.05, 0) is 54.3 Å². The predicted octanol–water partition coefficient (Wildman–Crippen LogP) is 3.28. The molecule has 2 rings (SSSR count). The first-order valence-electron chi connectivity index (χ1n) is 7.79. The number of carbonyl (C=O) groups is 2. The molecule has 0 aliphatic rings. The topological polar surface area (TPSA) is 80.3 Å². The summed E-state index contributed by atoms with van der Waals surface area (Å²) in [6.45, 7) is 0.213. The van der Waals surface area contributed by atoms with Gasteiger partial charge >= 0.3 is 6.09 Å². The van der Waals surface area contributed by atoms with Gasteiger partial charge < -0.3 is 4.74 Å². The molecule has 0 saturated heterocycles. The van der Waals surface area contributed by atoms with E-state index < -0.39 is 17.8 Å². The molecule has 0 aliphatic carbocycles. The fourth-order valence-electron chi connectivity index (χ4n) is 1.98. The smallest absolute Gasteiger partial charge is 0.426 e. The Kier molecular flexibility index (Phi) is 7.57. The zero-order valence-electron chi connectivity index (χ0n) is 13.7. The molecule has 2 N–H and O–H groups in total. The highest BCUT2D eigenvalue weighted by atomic mass is 35.5. The summed E-state index contributed by atoms with van der Waals surface area (Å²) in [7, 11) is 0. The number of aromatic nitrogens is 1. The molecule has 136 valence electrons. The van der Waals surface area contributed by atoms with E-state index in [9.17, 15) is 14.0 Å². The summed E-state index contributed by atoms with van der Waals surface area (Å²) < 4.78 is 17.9. The van der Waals surface area contributed by atoms with Crippen LogP contribution in [0, 0.1) is 5.82 Å². The zero-order chi connectivity index (χ0) is 18.8. The average molecular weight is 378 g/mol. The van der Waals surface area contributed by atoms with Crippen molar-refractivity contribution in [3.8, 4) is 0 Å². The molecule has 0 radical (unpaired) electrons. The van der Waals surface area contributed by atoms with Crippen molar-refractivity contribution in [2.75, 3.05) is 6.61 Å². The largest absolute Gasteiger partial charge is 0.448 e. The van der Waals surface area contributed by atoms with E-state index in [1.165, 1.54) is 18.2 Å². The quantitative estimate of drug-likeness (QED) is 0.460. The molecule has 26 heavy (non-hydrogen) atoms. The Morgan fingerprint density at radius 3 is 2.69 bits per heavy atom. The van der Waals surface area contributed by atoms with Gasteiger partial charge in [-0.1, -0.05) is 17.7 Å². The number of nitrogens with zero attached hydrogens (tertiary/aromatic N) is 1. The molecule has 1 heterocycles. The van der Waals surface area contributed by atoms with Crippen molar-refractivity contribution in [1.29, 1.82) is 0 Å². The molecule has 0 atom stereocenters. The molecule has 2 aromatic rings. The van der Waals surface area contributed by atoms with Crippen LogP contribution in [0.5, 0.6) is 0 Å². The van der Waals surface area contributed by atoms with Crippen molar-refractivity contribution in [2.45, 2.75) is 12.8 Å². The summed E-state index contributed by atoms with van der Waals surface area (Å²) in [5.41, 5.74) is 5.87. The highest BCUT2D eigenvalue weighted by Gasteiger charge is 2.04. The number of rotatable bonds is 6. The molecule has 0 fully saturated rings. The summed E-state index contributed by atoms with van der Waals surface area (Å²) in [5.74, 6) is -1.05. The van der Waals surface area contributed by atoms with E-state index in [-0.39, 0.29) is 11.6 Å². The summed E-state index contributed by atoms with van der Waals surface area (Å²) in [4.78, 5) is 27.0. The van der Waals surface area contributed by atoms with Gasteiger partial charge in [-0.25, -0.2) is 14.6 Å². The van der Waals surface area contributed by atoms with Gasteiger partial charge in [0.05, 0.1) is 11.6 Å². The molecule has 0 spiro atoms. The third-order valence-corrected chi connectivity index (χ3v) is 3.58.